The van der Waals surface area contributed by atoms with Crippen LogP contribution in [0.2, 0.25) is 0 Å². The maximum Gasteiger partial charge on any atom is 0.416 e. The molecule has 2 amide bonds. The molecule has 2 N–H and O–H groups in total. The van der Waals surface area contributed by atoms with Gasteiger partial charge in [0.25, 0.3) is 0 Å². The summed E-state index contributed by atoms with van der Waals surface area (Å²) < 4.78 is 49.9. The summed E-state index contributed by atoms with van der Waals surface area (Å²) in [4.78, 5) is 40.0. The summed E-state index contributed by atoms with van der Waals surface area (Å²) in [7, 11) is 0. The van der Waals surface area contributed by atoms with E-state index in [1.165, 1.54) is 29.2 Å². The van der Waals surface area contributed by atoms with E-state index in [1.54, 1.807) is 30.3 Å². The molecule has 1 saturated heterocycles. The molecule has 0 spiro atoms. The fourth-order valence-corrected chi connectivity index (χ4v) is 5.09. The molecule has 2 unspecified atom stereocenters. The fourth-order valence-electron chi connectivity index (χ4n) is 5.09. The number of esters is 1. The smallest absolute Gasteiger partial charge is 0.416 e. The fraction of sp³-hybridized carbons (Fsp3) is 0.276. The van der Waals surface area contributed by atoms with Crippen LogP contribution in [0, 0.1) is 5.92 Å². The van der Waals surface area contributed by atoms with Crippen molar-refractivity contribution < 1.29 is 37.0 Å². The molecule has 5 rings (SSSR count). The average molecular weight is 539 g/mol. The molecule has 10 heteroatoms. The predicted molar refractivity (Wildman–Crippen MR) is 135 cm³/mol. The number of nitrogens with zero attached hydrogens (tertiary/aromatic N) is 1. The van der Waals surface area contributed by atoms with Crippen molar-refractivity contribution in [2.24, 2.45) is 11.7 Å². The van der Waals surface area contributed by atoms with E-state index in [0.29, 0.717) is 42.7 Å². The van der Waals surface area contributed by atoms with E-state index in [9.17, 15) is 27.6 Å². The first-order valence-corrected chi connectivity index (χ1v) is 12.4. The number of ether oxygens (including phenoxy) is 2. The van der Waals surface area contributed by atoms with Crippen LogP contribution in [0.4, 0.5) is 13.2 Å². The monoisotopic (exact) mass is 538 g/mol. The summed E-state index contributed by atoms with van der Waals surface area (Å²) in [5.41, 5.74) is 7.25. The predicted octanol–water partition coefficient (Wildman–Crippen LogP) is 4.54. The zero-order valence-electron chi connectivity index (χ0n) is 20.7. The number of carbonyl (C=O) groups is 3. The number of nitrogens with two attached hydrogens (primary N) is 1. The molecule has 202 valence electrons. The van der Waals surface area contributed by atoms with E-state index in [1.807, 2.05) is 0 Å². The lowest BCUT2D eigenvalue weighted by Crippen LogP contribution is -2.48. The van der Waals surface area contributed by atoms with E-state index in [0.717, 1.165) is 17.7 Å². The summed E-state index contributed by atoms with van der Waals surface area (Å²) >= 11 is 0. The third-order valence-corrected chi connectivity index (χ3v) is 7.06. The second kappa shape index (κ2) is 10.5. The van der Waals surface area contributed by atoms with E-state index in [2.05, 4.69) is 0 Å². The number of alkyl halides is 3. The van der Waals surface area contributed by atoms with Crippen LogP contribution in [0.25, 0.3) is 11.1 Å². The number of halogens is 3. The van der Waals surface area contributed by atoms with Gasteiger partial charge in [0.1, 0.15) is 11.8 Å². The van der Waals surface area contributed by atoms with Crippen molar-refractivity contribution in [3.05, 3.63) is 89.0 Å². The number of hydrogen-bond acceptors (Lipinski definition) is 5. The third-order valence-electron chi connectivity index (χ3n) is 7.06. The molecule has 2 heterocycles. The van der Waals surface area contributed by atoms with Crippen molar-refractivity contribution in [3.63, 3.8) is 0 Å². The first kappa shape index (κ1) is 26.4. The van der Waals surface area contributed by atoms with Gasteiger partial charge >= 0.3 is 12.1 Å². The highest BCUT2D eigenvalue weighted by molar-refractivity contribution is 5.98. The minimum Gasteiger partial charge on any atom is -0.423 e. The zero-order chi connectivity index (χ0) is 27.7. The van der Waals surface area contributed by atoms with Gasteiger partial charge in [0, 0.05) is 13.2 Å². The molecule has 1 fully saturated rings. The number of fused-ring (bicyclic) bond motifs is 1. The van der Waals surface area contributed by atoms with Crippen LogP contribution in [0.15, 0.2) is 66.7 Å². The Hall–Kier alpha value is -4.18. The van der Waals surface area contributed by atoms with Gasteiger partial charge in [-0.05, 0) is 65.4 Å². The van der Waals surface area contributed by atoms with Crippen LogP contribution in [0.3, 0.4) is 0 Å². The summed E-state index contributed by atoms with van der Waals surface area (Å²) in [5.74, 6) is -1.59. The van der Waals surface area contributed by atoms with E-state index < -0.39 is 29.7 Å². The van der Waals surface area contributed by atoms with Gasteiger partial charge in [-0.25, -0.2) is 4.79 Å². The second-order valence-electron chi connectivity index (χ2n) is 9.52. The summed E-state index contributed by atoms with van der Waals surface area (Å²) in [6, 6.07) is 14.9. The third kappa shape index (κ3) is 5.37. The van der Waals surface area contributed by atoms with Gasteiger partial charge in [-0.15, -0.1) is 0 Å². The Morgan fingerprint density at radius 1 is 1.00 bits per heavy atom. The number of primary amides is 1. The number of carbonyl (C=O) groups excluding carboxylic acids is 3. The Bertz CT molecular complexity index is 1420. The Morgan fingerprint density at radius 3 is 2.41 bits per heavy atom. The molecule has 7 nitrogen and oxygen atoms in total. The van der Waals surface area contributed by atoms with Crippen LogP contribution < -0.4 is 10.5 Å². The van der Waals surface area contributed by atoms with E-state index in [4.69, 9.17) is 15.2 Å². The first-order valence-electron chi connectivity index (χ1n) is 12.4. The summed E-state index contributed by atoms with van der Waals surface area (Å²) in [6.45, 7) is 1.10. The van der Waals surface area contributed by atoms with Crippen molar-refractivity contribution >= 4 is 17.8 Å². The van der Waals surface area contributed by atoms with Crippen molar-refractivity contribution in [1.29, 1.82) is 0 Å². The minimum absolute atomic E-state index is 0.169. The standard InChI is InChI=1S/C29H25F3N2O5/c30-29(31,32)20-7-5-17(6-8-20)22-3-1-2-4-24(22)28(37)39-21-9-10-23-18(15-21)11-13-34(25(23)26(33)35)27(36)19-12-14-38-16-19/h1-10,15,19,25H,11-14,16H2,(H2,33,35). The van der Waals surface area contributed by atoms with Crippen LogP contribution >= 0.6 is 0 Å². The highest BCUT2D eigenvalue weighted by Crippen LogP contribution is 2.35. The summed E-state index contributed by atoms with van der Waals surface area (Å²) in [6.07, 6.45) is -3.44. The van der Waals surface area contributed by atoms with Gasteiger partial charge in [-0.1, -0.05) is 36.4 Å². The first-order chi connectivity index (χ1) is 18.6. The molecule has 3 aromatic rings. The average Bonchev–Trinajstić information content (AvgIpc) is 3.46. The molecular weight excluding hydrogens is 513 g/mol. The Kier molecular flexibility index (Phi) is 7.14. The molecule has 2 aliphatic heterocycles. The van der Waals surface area contributed by atoms with Gasteiger partial charge < -0.3 is 20.1 Å². The van der Waals surface area contributed by atoms with Crippen molar-refractivity contribution in [2.45, 2.75) is 25.1 Å². The normalized spacial score (nSPS) is 18.9. The Labute approximate surface area is 222 Å². The van der Waals surface area contributed by atoms with Gasteiger partial charge in [0.05, 0.1) is 23.7 Å². The van der Waals surface area contributed by atoms with Gasteiger partial charge in [-0.2, -0.15) is 13.2 Å². The van der Waals surface area contributed by atoms with Crippen molar-refractivity contribution in [2.75, 3.05) is 19.8 Å². The molecule has 39 heavy (non-hydrogen) atoms. The van der Waals surface area contributed by atoms with E-state index in [-0.39, 0.29) is 29.7 Å². The zero-order valence-corrected chi connectivity index (χ0v) is 20.7. The molecule has 0 aliphatic carbocycles. The highest BCUT2D eigenvalue weighted by Gasteiger charge is 2.38. The lowest BCUT2D eigenvalue weighted by Gasteiger charge is -2.36. The number of amides is 2. The molecule has 0 radical (unpaired) electrons. The number of hydrogen-bond donors (Lipinski definition) is 1. The van der Waals surface area contributed by atoms with E-state index >= 15 is 0 Å². The van der Waals surface area contributed by atoms with Crippen molar-refractivity contribution in [1.82, 2.24) is 4.90 Å². The van der Waals surface area contributed by atoms with Gasteiger partial charge in [-0.3, -0.25) is 9.59 Å². The molecule has 0 bridgehead atoms. The van der Waals surface area contributed by atoms with Crippen molar-refractivity contribution in [3.8, 4) is 16.9 Å². The van der Waals surface area contributed by atoms with Crippen LogP contribution in [-0.4, -0.2) is 42.4 Å². The molecule has 2 atom stereocenters. The maximum atomic E-state index is 13.1. The number of rotatable bonds is 5. The topological polar surface area (TPSA) is 98.9 Å². The molecular formula is C29H25F3N2O5. The quantitative estimate of drug-likeness (QED) is 0.380. The molecule has 2 aliphatic rings. The number of benzene rings is 3. The summed E-state index contributed by atoms with van der Waals surface area (Å²) in [5, 5.41) is 0. The second-order valence-corrected chi connectivity index (χ2v) is 9.52. The molecule has 3 aromatic carbocycles. The van der Waals surface area contributed by atoms with Gasteiger partial charge in [0.2, 0.25) is 11.8 Å². The maximum absolute atomic E-state index is 13.1. The Morgan fingerprint density at radius 2 is 1.74 bits per heavy atom. The van der Waals surface area contributed by atoms with Crippen LogP contribution in [0.5, 0.6) is 5.75 Å². The SMILES string of the molecule is NC(=O)C1c2ccc(OC(=O)c3ccccc3-c3ccc(C(F)(F)F)cc3)cc2CCN1C(=O)C1CCOC1. The molecule has 0 aromatic heterocycles. The van der Waals surface area contributed by atoms with Crippen LogP contribution in [0.1, 0.15) is 39.5 Å². The van der Waals surface area contributed by atoms with Crippen LogP contribution in [-0.2, 0) is 26.9 Å². The Balaban J connectivity index is 1.37. The van der Waals surface area contributed by atoms with Gasteiger partial charge in [0.15, 0.2) is 0 Å². The minimum atomic E-state index is -4.47. The highest BCUT2D eigenvalue weighted by atomic mass is 19.4. The largest absolute Gasteiger partial charge is 0.423 e. The lowest BCUT2D eigenvalue weighted by atomic mass is 9.90. The lowest BCUT2D eigenvalue weighted by molar-refractivity contribution is -0.143. The molecule has 0 saturated carbocycles.